The van der Waals surface area contributed by atoms with Crippen LogP contribution in [0.4, 0.5) is 5.69 Å². The largest absolute Gasteiger partial charge is 0.452 e. The summed E-state index contributed by atoms with van der Waals surface area (Å²) >= 11 is 0. The number of esters is 1. The Morgan fingerprint density at radius 3 is 2.69 bits per heavy atom. The van der Waals surface area contributed by atoms with Gasteiger partial charge in [0.1, 0.15) is 0 Å². The number of imide groups is 1. The number of ether oxygens (including phenoxy) is 2. The van der Waals surface area contributed by atoms with Crippen molar-refractivity contribution in [1.29, 1.82) is 0 Å². The lowest BCUT2D eigenvalue weighted by atomic mass is 10.2. The van der Waals surface area contributed by atoms with Crippen LogP contribution >= 0.6 is 0 Å². The van der Waals surface area contributed by atoms with Gasteiger partial charge in [-0.3, -0.25) is 19.3 Å². The molecule has 2 saturated heterocycles. The first-order valence-corrected chi connectivity index (χ1v) is 8.56. The van der Waals surface area contributed by atoms with Crippen LogP contribution in [0.15, 0.2) is 24.3 Å². The van der Waals surface area contributed by atoms with Gasteiger partial charge in [0.25, 0.3) is 5.91 Å². The van der Waals surface area contributed by atoms with Crippen LogP contribution in [0.2, 0.25) is 0 Å². The zero-order valence-electron chi connectivity index (χ0n) is 14.2. The Hall–Kier alpha value is -2.74. The van der Waals surface area contributed by atoms with E-state index < -0.39 is 18.5 Å². The Labute approximate surface area is 150 Å². The first kappa shape index (κ1) is 18.1. The number of amides is 3. The maximum Gasteiger partial charge on any atom is 0.338 e. The van der Waals surface area contributed by atoms with E-state index in [0.29, 0.717) is 18.8 Å². The Bertz CT molecular complexity index is 710. The molecule has 2 aliphatic heterocycles. The van der Waals surface area contributed by atoms with Crippen molar-refractivity contribution in [2.24, 2.45) is 0 Å². The average molecular weight is 360 g/mol. The zero-order valence-corrected chi connectivity index (χ0v) is 14.2. The van der Waals surface area contributed by atoms with E-state index in [-0.39, 0.29) is 36.3 Å². The number of hydrogen-bond acceptors (Lipinski definition) is 6. The molecular formula is C18H20N2O6. The highest BCUT2D eigenvalue weighted by molar-refractivity contribution is 6.20. The van der Waals surface area contributed by atoms with Crippen molar-refractivity contribution in [3.05, 3.63) is 29.8 Å². The fraction of sp³-hybridized carbons (Fsp3) is 0.444. The van der Waals surface area contributed by atoms with Crippen LogP contribution in [0.1, 0.15) is 36.0 Å². The molecule has 2 aliphatic rings. The van der Waals surface area contributed by atoms with Gasteiger partial charge in [-0.05, 0) is 31.0 Å². The van der Waals surface area contributed by atoms with Gasteiger partial charge in [0.15, 0.2) is 6.61 Å². The van der Waals surface area contributed by atoms with Crippen molar-refractivity contribution >= 4 is 29.4 Å². The zero-order chi connectivity index (χ0) is 18.5. The Morgan fingerprint density at radius 1 is 1.23 bits per heavy atom. The summed E-state index contributed by atoms with van der Waals surface area (Å²) in [5, 5.41) is 2.66. The van der Waals surface area contributed by atoms with Crippen LogP contribution in [-0.2, 0) is 23.9 Å². The standard InChI is InChI=1S/C18H20N2O6/c21-15(19-10-14-5-2-8-25-14)11-26-18(24)12-3-1-4-13(9-12)20-16(22)6-7-17(20)23/h1,3-4,9,14H,2,5-8,10-11H2,(H,19,21)/t14-/m1/s1. The van der Waals surface area contributed by atoms with E-state index in [2.05, 4.69) is 5.32 Å². The summed E-state index contributed by atoms with van der Waals surface area (Å²) in [4.78, 5) is 48.5. The predicted octanol–water partition coefficient (Wildman–Crippen LogP) is 0.792. The molecule has 2 heterocycles. The topological polar surface area (TPSA) is 102 Å². The molecule has 1 aromatic carbocycles. The van der Waals surface area contributed by atoms with Gasteiger partial charge < -0.3 is 14.8 Å². The molecule has 26 heavy (non-hydrogen) atoms. The molecule has 0 saturated carbocycles. The van der Waals surface area contributed by atoms with Crippen molar-refractivity contribution in [2.45, 2.75) is 31.8 Å². The first-order chi connectivity index (χ1) is 12.5. The van der Waals surface area contributed by atoms with Crippen LogP contribution in [0.5, 0.6) is 0 Å². The van der Waals surface area contributed by atoms with Crippen molar-refractivity contribution in [3.8, 4) is 0 Å². The number of carbonyl (C=O) groups excluding carboxylic acids is 4. The molecule has 0 aromatic heterocycles. The average Bonchev–Trinajstić information content (AvgIpc) is 3.27. The molecule has 1 N–H and O–H groups in total. The van der Waals surface area contributed by atoms with E-state index in [9.17, 15) is 19.2 Å². The minimum absolute atomic E-state index is 0.0156. The van der Waals surface area contributed by atoms with E-state index in [4.69, 9.17) is 9.47 Å². The van der Waals surface area contributed by atoms with E-state index in [1.807, 2.05) is 0 Å². The van der Waals surface area contributed by atoms with Crippen molar-refractivity contribution in [1.82, 2.24) is 5.32 Å². The number of nitrogens with zero attached hydrogens (tertiary/aromatic N) is 1. The van der Waals surface area contributed by atoms with Crippen LogP contribution < -0.4 is 10.2 Å². The summed E-state index contributed by atoms with van der Waals surface area (Å²) in [7, 11) is 0. The molecular weight excluding hydrogens is 340 g/mol. The molecule has 2 fully saturated rings. The molecule has 0 bridgehead atoms. The smallest absolute Gasteiger partial charge is 0.338 e. The molecule has 0 radical (unpaired) electrons. The van der Waals surface area contributed by atoms with Crippen molar-refractivity contribution in [3.63, 3.8) is 0 Å². The second-order valence-corrected chi connectivity index (χ2v) is 6.19. The van der Waals surface area contributed by atoms with Crippen LogP contribution in [0.3, 0.4) is 0 Å². The molecule has 3 rings (SSSR count). The second-order valence-electron chi connectivity index (χ2n) is 6.19. The summed E-state index contributed by atoms with van der Waals surface area (Å²) in [6.07, 6.45) is 2.23. The van der Waals surface area contributed by atoms with Crippen LogP contribution in [-0.4, -0.2) is 49.6 Å². The summed E-state index contributed by atoms with van der Waals surface area (Å²) in [6.45, 7) is 0.691. The third-order valence-electron chi connectivity index (χ3n) is 4.28. The van der Waals surface area contributed by atoms with Gasteiger partial charge in [-0.2, -0.15) is 0 Å². The SMILES string of the molecule is O=C(COC(=O)c1cccc(N2C(=O)CCC2=O)c1)NC[C@H]1CCCO1. The highest BCUT2D eigenvalue weighted by atomic mass is 16.5. The number of rotatable bonds is 6. The molecule has 1 aromatic rings. The summed E-state index contributed by atoms with van der Waals surface area (Å²) in [5.41, 5.74) is 0.497. The van der Waals surface area contributed by atoms with Gasteiger partial charge in [0.05, 0.1) is 17.4 Å². The summed E-state index contributed by atoms with van der Waals surface area (Å²) in [6, 6.07) is 6.05. The Balaban J connectivity index is 1.53. The summed E-state index contributed by atoms with van der Waals surface area (Å²) in [5.74, 6) is -1.70. The van der Waals surface area contributed by atoms with Crippen molar-refractivity contribution < 1.29 is 28.7 Å². The van der Waals surface area contributed by atoms with Gasteiger partial charge in [0.2, 0.25) is 11.8 Å². The van der Waals surface area contributed by atoms with E-state index in [1.165, 1.54) is 12.1 Å². The lowest BCUT2D eigenvalue weighted by molar-refractivity contribution is -0.124. The Morgan fingerprint density at radius 2 is 2.00 bits per heavy atom. The number of hydrogen-bond donors (Lipinski definition) is 1. The number of anilines is 1. The third kappa shape index (κ3) is 4.26. The van der Waals surface area contributed by atoms with Crippen LogP contribution in [0.25, 0.3) is 0 Å². The minimum atomic E-state index is -0.696. The third-order valence-corrected chi connectivity index (χ3v) is 4.28. The number of nitrogens with one attached hydrogen (secondary N) is 1. The number of carbonyl (C=O) groups is 4. The highest BCUT2D eigenvalue weighted by Gasteiger charge is 2.30. The predicted molar refractivity (Wildman–Crippen MR) is 90.4 cm³/mol. The summed E-state index contributed by atoms with van der Waals surface area (Å²) < 4.78 is 10.4. The maximum absolute atomic E-state index is 12.1. The fourth-order valence-electron chi connectivity index (χ4n) is 2.93. The molecule has 0 spiro atoms. The minimum Gasteiger partial charge on any atom is -0.452 e. The van der Waals surface area contributed by atoms with E-state index in [1.54, 1.807) is 12.1 Å². The van der Waals surface area contributed by atoms with Gasteiger partial charge in [-0.15, -0.1) is 0 Å². The van der Waals surface area contributed by atoms with E-state index in [0.717, 1.165) is 17.7 Å². The molecule has 0 aliphatic carbocycles. The number of benzene rings is 1. The Kier molecular flexibility index (Phi) is 5.62. The molecule has 0 unspecified atom stereocenters. The lowest BCUT2D eigenvalue weighted by Gasteiger charge is -2.14. The molecule has 8 nitrogen and oxygen atoms in total. The van der Waals surface area contributed by atoms with Gasteiger partial charge in [0, 0.05) is 26.0 Å². The lowest BCUT2D eigenvalue weighted by Crippen LogP contribution is -2.34. The molecule has 3 amide bonds. The molecule has 1 atom stereocenters. The normalized spacial score (nSPS) is 19.7. The van der Waals surface area contributed by atoms with Gasteiger partial charge in [-0.1, -0.05) is 6.07 Å². The first-order valence-electron chi connectivity index (χ1n) is 8.56. The highest BCUT2D eigenvalue weighted by Crippen LogP contribution is 2.23. The quantitative estimate of drug-likeness (QED) is 0.594. The molecule has 138 valence electrons. The van der Waals surface area contributed by atoms with Gasteiger partial charge in [-0.25, -0.2) is 4.79 Å². The van der Waals surface area contributed by atoms with Gasteiger partial charge >= 0.3 is 5.97 Å². The van der Waals surface area contributed by atoms with Crippen molar-refractivity contribution in [2.75, 3.05) is 24.7 Å². The second kappa shape index (κ2) is 8.09. The monoisotopic (exact) mass is 360 g/mol. The van der Waals surface area contributed by atoms with E-state index >= 15 is 0 Å². The molecule has 8 heteroatoms. The van der Waals surface area contributed by atoms with Crippen LogP contribution in [0, 0.1) is 0 Å². The fourth-order valence-corrected chi connectivity index (χ4v) is 2.93. The maximum atomic E-state index is 12.1.